The first-order valence-corrected chi connectivity index (χ1v) is 7.80. The zero-order valence-corrected chi connectivity index (χ0v) is 13.1. The lowest BCUT2D eigenvalue weighted by Crippen LogP contribution is -2.41. The Labute approximate surface area is 138 Å². The van der Waals surface area contributed by atoms with E-state index in [4.69, 9.17) is 4.74 Å². The molecular weight excluding hydrogens is 318 g/mol. The smallest absolute Gasteiger partial charge is 0.260 e. The summed E-state index contributed by atoms with van der Waals surface area (Å²) < 4.78 is 33.0. The van der Waals surface area contributed by atoms with Gasteiger partial charge in [-0.1, -0.05) is 0 Å². The van der Waals surface area contributed by atoms with Crippen LogP contribution in [0.25, 0.3) is 0 Å². The van der Waals surface area contributed by atoms with Gasteiger partial charge in [0.15, 0.2) is 18.2 Å². The summed E-state index contributed by atoms with van der Waals surface area (Å²) in [5, 5.41) is 4.09. The summed E-state index contributed by atoms with van der Waals surface area (Å²) in [6, 6.07) is 3.22. The molecule has 3 rings (SSSR count). The molecule has 0 bridgehead atoms. The number of hydrogen-bond donors (Lipinski definition) is 0. The predicted molar refractivity (Wildman–Crippen MR) is 81.2 cm³/mol. The number of carbonyl (C=O) groups is 1. The molecule has 0 unspecified atom stereocenters. The highest BCUT2D eigenvalue weighted by Gasteiger charge is 2.23. The second-order valence-electron chi connectivity index (χ2n) is 5.81. The number of amides is 1. The number of halogens is 2. The molecule has 1 fully saturated rings. The zero-order valence-electron chi connectivity index (χ0n) is 13.1. The molecule has 0 aliphatic carbocycles. The molecule has 0 spiro atoms. The number of benzene rings is 1. The Morgan fingerprint density at radius 2 is 2.04 bits per heavy atom. The van der Waals surface area contributed by atoms with Gasteiger partial charge >= 0.3 is 0 Å². The summed E-state index contributed by atoms with van der Waals surface area (Å²) in [4.78, 5) is 17.8. The zero-order chi connectivity index (χ0) is 16.9. The van der Waals surface area contributed by atoms with E-state index in [1.54, 1.807) is 15.9 Å². The number of nitrogens with zero attached hydrogens (tertiary/aromatic N) is 4. The second-order valence-corrected chi connectivity index (χ2v) is 5.81. The number of rotatable bonds is 5. The number of hydrogen-bond acceptors (Lipinski definition) is 4. The fraction of sp³-hybridized carbons (Fsp3) is 0.438. The van der Waals surface area contributed by atoms with Crippen LogP contribution < -0.4 is 4.74 Å². The molecule has 2 heterocycles. The lowest BCUT2D eigenvalue weighted by Gasteiger charge is -2.31. The lowest BCUT2D eigenvalue weighted by atomic mass is 9.97. The highest BCUT2D eigenvalue weighted by atomic mass is 19.2. The Bertz CT molecular complexity index is 685. The van der Waals surface area contributed by atoms with E-state index in [0.717, 1.165) is 31.5 Å². The SMILES string of the molecule is O=C(COc1ccc(F)c(F)c1)N1CCC(Cn2cncn2)CC1. The molecular formula is C16H18F2N4O2. The summed E-state index contributed by atoms with van der Waals surface area (Å²) in [7, 11) is 0. The predicted octanol–water partition coefficient (Wildman–Crippen LogP) is 1.87. The van der Waals surface area contributed by atoms with Crippen LogP contribution in [0, 0.1) is 17.6 Å². The number of aromatic nitrogens is 3. The minimum absolute atomic E-state index is 0.142. The Morgan fingerprint density at radius 1 is 1.25 bits per heavy atom. The highest BCUT2D eigenvalue weighted by molar-refractivity contribution is 5.77. The van der Waals surface area contributed by atoms with Crippen molar-refractivity contribution < 1.29 is 18.3 Å². The molecule has 0 radical (unpaired) electrons. The van der Waals surface area contributed by atoms with Crippen molar-refractivity contribution in [2.24, 2.45) is 5.92 Å². The molecule has 128 valence electrons. The maximum atomic E-state index is 13.1. The first kappa shape index (κ1) is 16.4. The fourth-order valence-corrected chi connectivity index (χ4v) is 2.76. The maximum Gasteiger partial charge on any atom is 0.260 e. The Hall–Kier alpha value is -2.51. The first-order valence-electron chi connectivity index (χ1n) is 7.80. The van der Waals surface area contributed by atoms with Gasteiger partial charge in [-0.3, -0.25) is 9.48 Å². The van der Waals surface area contributed by atoms with Gasteiger partial charge in [0.05, 0.1) is 0 Å². The Kier molecular flexibility index (Phi) is 5.02. The van der Waals surface area contributed by atoms with E-state index in [0.29, 0.717) is 19.0 Å². The summed E-state index contributed by atoms with van der Waals surface area (Å²) >= 11 is 0. The average molecular weight is 336 g/mol. The van der Waals surface area contributed by atoms with Crippen LogP contribution in [0.1, 0.15) is 12.8 Å². The molecule has 6 nitrogen and oxygen atoms in total. The van der Waals surface area contributed by atoms with Gasteiger partial charge in [-0.2, -0.15) is 5.10 Å². The Balaban J connectivity index is 1.44. The van der Waals surface area contributed by atoms with E-state index in [1.807, 2.05) is 0 Å². The highest BCUT2D eigenvalue weighted by Crippen LogP contribution is 2.19. The van der Waals surface area contributed by atoms with Crippen LogP contribution in [0.3, 0.4) is 0 Å². The van der Waals surface area contributed by atoms with Crippen molar-refractivity contribution in [1.29, 1.82) is 0 Å². The van der Waals surface area contributed by atoms with Crippen LogP contribution in [0.5, 0.6) is 5.75 Å². The third-order valence-electron chi connectivity index (χ3n) is 4.13. The van der Waals surface area contributed by atoms with Crippen molar-refractivity contribution in [3.63, 3.8) is 0 Å². The van der Waals surface area contributed by atoms with E-state index >= 15 is 0 Å². The molecule has 1 aliphatic heterocycles. The summed E-state index contributed by atoms with van der Waals surface area (Å²) in [6.07, 6.45) is 4.97. The van der Waals surface area contributed by atoms with Crippen molar-refractivity contribution in [2.75, 3.05) is 19.7 Å². The molecule has 1 saturated heterocycles. The van der Waals surface area contributed by atoms with E-state index in [2.05, 4.69) is 10.1 Å². The summed E-state index contributed by atoms with van der Waals surface area (Å²) in [5.74, 6) is -1.48. The minimum atomic E-state index is -0.992. The topological polar surface area (TPSA) is 60.2 Å². The van der Waals surface area contributed by atoms with Crippen molar-refractivity contribution >= 4 is 5.91 Å². The fourth-order valence-electron chi connectivity index (χ4n) is 2.76. The third kappa shape index (κ3) is 4.06. The van der Waals surface area contributed by atoms with Gasteiger partial charge in [0.2, 0.25) is 0 Å². The van der Waals surface area contributed by atoms with E-state index in [-0.39, 0.29) is 18.3 Å². The van der Waals surface area contributed by atoms with Crippen molar-refractivity contribution in [3.8, 4) is 5.75 Å². The van der Waals surface area contributed by atoms with Crippen molar-refractivity contribution in [2.45, 2.75) is 19.4 Å². The van der Waals surface area contributed by atoms with Gasteiger partial charge in [-0.05, 0) is 30.9 Å². The molecule has 0 saturated carbocycles. The van der Waals surface area contributed by atoms with E-state index < -0.39 is 11.6 Å². The number of likely N-dealkylation sites (tertiary alicyclic amines) is 1. The Morgan fingerprint density at radius 3 is 2.71 bits per heavy atom. The normalized spacial score (nSPS) is 15.5. The molecule has 0 N–H and O–H groups in total. The average Bonchev–Trinajstić information content (AvgIpc) is 3.09. The summed E-state index contributed by atoms with van der Waals surface area (Å²) in [5.41, 5.74) is 0. The van der Waals surface area contributed by atoms with Crippen LogP contribution in [0.4, 0.5) is 8.78 Å². The number of ether oxygens (including phenoxy) is 1. The minimum Gasteiger partial charge on any atom is -0.484 e. The monoisotopic (exact) mass is 336 g/mol. The molecule has 2 aromatic rings. The quantitative estimate of drug-likeness (QED) is 0.836. The molecule has 8 heteroatoms. The third-order valence-corrected chi connectivity index (χ3v) is 4.13. The molecule has 1 amide bonds. The van der Waals surface area contributed by atoms with Gasteiger partial charge in [0, 0.05) is 25.7 Å². The molecule has 1 aliphatic rings. The number of piperidine rings is 1. The van der Waals surface area contributed by atoms with Gasteiger partial charge in [0.25, 0.3) is 5.91 Å². The first-order chi connectivity index (χ1) is 11.6. The van der Waals surface area contributed by atoms with Crippen LogP contribution >= 0.6 is 0 Å². The van der Waals surface area contributed by atoms with Crippen LogP contribution in [0.15, 0.2) is 30.9 Å². The molecule has 1 aromatic heterocycles. The lowest BCUT2D eigenvalue weighted by molar-refractivity contribution is -0.134. The maximum absolute atomic E-state index is 13.1. The van der Waals surface area contributed by atoms with E-state index in [9.17, 15) is 13.6 Å². The van der Waals surface area contributed by atoms with Crippen LogP contribution in [0.2, 0.25) is 0 Å². The second kappa shape index (κ2) is 7.37. The molecule has 0 atom stereocenters. The van der Waals surface area contributed by atoms with Gasteiger partial charge < -0.3 is 9.64 Å². The van der Waals surface area contributed by atoms with E-state index in [1.165, 1.54) is 12.4 Å². The largest absolute Gasteiger partial charge is 0.484 e. The molecule has 1 aromatic carbocycles. The van der Waals surface area contributed by atoms with Crippen molar-refractivity contribution in [1.82, 2.24) is 19.7 Å². The van der Waals surface area contributed by atoms with Gasteiger partial charge in [-0.25, -0.2) is 13.8 Å². The number of carbonyl (C=O) groups excluding carboxylic acids is 1. The van der Waals surface area contributed by atoms with Gasteiger partial charge in [-0.15, -0.1) is 0 Å². The van der Waals surface area contributed by atoms with Gasteiger partial charge in [0.1, 0.15) is 18.4 Å². The molecule has 24 heavy (non-hydrogen) atoms. The summed E-state index contributed by atoms with van der Waals surface area (Å²) in [6.45, 7) is 1.92. The van der Waals surface area contributed by atoms with Crippen LogP contribution in [-0.4, -0.2) is 45.3 Å². The van der Waals surface area contributed by atoms with Crippen LogP contribution in [-0.2, 0) is 11.3 Å². The standard InChI is InChI=1S/C16H18F2N4O2/c17-14-2-1-13(7-15(14)18)24-9-16(23)21-5-3-12(4-6-21)8-22-11-19-10-20-22/h1-2,7,10-12H,3-6,8-9H2. The van der Waals surface area contributed by atoms with Crippen molar-refractivity contribution in [3.05, 3.63) is 42.5 Å².